The van der Waals surface area contributed by atoms with Crippen LogP contribution in [0.3, 0.4) is 0 Å². The average Bonchev–Trinajstić information content (AvgIpc) is 2.38. The number of nitrogens with one attached hydrogen (secondary N) is 1. The van der Waals surface area contributed by atoms with E-state index in [0.29, 0.717) is 5.75 Å². The Kier molecular flexibility index (Phi) is 6.77. The van der Waals surface area contributed by atoms with E-state index in [9.17, 15) is 9.50 Å². The Morgan fingerprint density at radius 3 is 2.74 bits per heavy atom. The summed E-state index contributed by atoms with van der Waals surface area (Å²) in [4.78, 5) is 0. The number of ether oxygens (including phenoxy) is 2. The van der Waals surface area contributed by atoms with E-state index in [1.807, 2.05) is 13.8 Å². The Hall–Kier alpha value is -1.17. The first-order chi connectivity index (χ1) is 9.08. The predicted molar refractivity (Wildman–Crippen MR) is 71.9 cm³/mol. The van der Waals surface area contributed by atoms with Crippen LogP contribution in [0.1, 0.15) is 25.5 Å². The van der Waals surface area contributed by atoms with E-state index < -0.39 is 6.10 Å². The number of hydrogen-bond acceptors (Lipinski definition) is 4. The van der Waals surface area contributed by atoms with Crippen molar-refractivity contribution in [2.45, 2.75) is 26.0 Å². The van der Waals surface area contributed by atoms with Crippen molar-refractivity contribution in [2.75, 3.05) is 26.9 Å². The largest absolute Gasteiger partial charge is 0.490 e. The van der Waals surface area contributed by atoms with Gasteiger partial charge in [0.25, 0.3) is 0 Å². The lowest BCUT2D eigenvalue weighted by Crippen LogP contribution is -2.24. The normalized spacial score (nSPS) is 14.2. The molecular formula is C14H22FNO3. The third-order valence-electron chi connectivity index (χ3n) is 2.74. The third kappa shape index (κ3) is 5.14. The highest BCUT2D eigenvalue weighted by molar-refractivity contribution is 5.36. The molecule has 0 radical (unpaired) electrons. The molecule has 0 aliphatic rings. The molecule has 2 atom stereocenters. The fourth-order valence-corrected chi connectivity index (χ4v) is 1.83. The summed E-state index contributed by atoms with van der Waals surface area (Å²) in [5.74, 6) is 0.273. The van der Waals surface area contributed by atoms with Crippen LogP contribution in [0.15, 0.2) is 18.2 Å². The molecule has 0 saturated carbocycles. The molecule has 1 aromatic rings. The molecule has 4 nitrogen and oxygen atoms in total. The number of methoxy groups -OCH3 is 1. The maximum Gasteiger partial charge on any atom is 0.124 e. The minimum atomic E-state index is -0.697. The summed E-state index contributed by atoms with van der Waals surface area (Å²) in [6, 6.07) is 4.36. The molecule has 1 aromatic carbocycles. The molecule has 2 unspecified atom stereocenters. The van der Waals surface area contributed by atoms with Crippen molar-refractivity contribution in [3.8, 4) is 5.75 Å². The Balaban J connectivity index is 2.76. The predicted octanol–water partition coefficient (Wildman–Crippen LogP) is 1.88. The standard InChI is InChI=1S/C14H22FNO3/c1-4-16-10(2)13-7-11(15)5-6-14(13)19-9-12(17)8-18-3/h5-7,10,12,16-17H,4,8-9H2,1-3H3. The van der Waals surface area contributed by atoms with Crippen molar-refractivity contribution in [2.24, 2.45) is 0 Å². The molecule has 0 fully saturated rings. The summed E-state index contributed by atoms with van der Waals surface area (Å²) in [5.41, 5.74) is 0.742. The van der Waals surface area contributed by atoms with Crippen molar-refractivity contribution in [1.29, 1.82) is 0 Å². The highest BCUT2D eigenvalue weighted by atomic mass is 19.1. The fraction of sp³-hybridized carbons (Fsp3) is 0.571. The van der Waals surface area contributed by atoms with Gasteiger partial charge in [0, 0.05) is 18.7 Å². The average molecular weight is 271 g/mol. The second-order valence-corrected chi connectivity index (χ2v) is 4.38. The van der Waals surface area contributed by atoms with Crippen LogP contribution in [0, 0.1) is 5.82 Å². The van der Waals surface area contributed by atoms with Gasteiger partial charge in [-0.2, -0.15) is 0 Å². The molecule has 2 N–H and O–H groups in total. The van der Waals surface area contributed by atoms with Crippen LogP contribution in [0.5, 0.6) is 5.75 Å². The number of rotatable bonds is 8. The van der Waals surface area contributed by atoms with E-state index in [1.54, 1.807) is 6.07 Å². The van der Waals surface area contributed by atoms with Gasteiger partial charge in [-0.3, -0.25) is 0 Å². The van der Waals surface area contributed by atoms with Crippen molar-refractivity contribution in [3.05, 3.63) is 29.6 Å². The first kappa shape index (κ1) is 15.9. The van der Waals surface area contributed by atoms with E-state index >= 15 is 0 Å². The van der Waals surface area contributed by atoms with Crippen LogP contribution in [-0.4, -0.2) is 38.1 Å². The molecule has 0 amide bonds. The smallest absolute Gasteiger partial charge is 0.124 e. The number of halogens is 1. The summed E-state index contributed by atoms with van der Waals surface area (Å²) in [6.07, 6.45) is -0.697. The molecule has 19 heavy (non-hydrogen) atoms. The second-order valence-electron chi connectivity index (χ2n) is 4.38. The molecule has 0 aromatic heterocycles. The zero-order valence-corrected chi connectivity index (χ0v) is 11.6. The molecule has 5 heteroatoms. The second kappa shape index (κ2) is 8.09. The van der Waals surface area contributed by atoms with Gasteiger partial charge < -0.3 is 19.9 Å². The highest BCUT2D eigenvalue weighted by Crippen LogP contribution is 2.26. The van der Waals surface area contributed by atoms with E-state index in [4.69, 9.17) is 9.47 Å². The molecule has 0 saturated heterocycles. The maximum absolute atomic E-state index is 13.3. The zero-order chi connectivity index (χ0) is 14.3. The lowest BCUT2D eigenvalue weighted by Gasteiger charge is -2.19. The first-order valence-electron chi connectivity index (χ1n) is 6.41. The summed E-state index contributed by atoms with van der Waals surface area (Å²) in [7, 11) is 1.51. The Labute approximate surface area is 113 Å². The lowest BCUT2D eigenvalue weighted by atomic mass is 10.1. The van der Waals surface area contributed by atoms with Crippen molar-refractivity contribution in [1.82, 2.24) is 5.32 Å². The highest BCUT2D eigenvalue weighted by Gasteiger charge is 2.13. The summed E-state index contributed by atoms with van der Waals surface area (Å²) in [6.45, 7) is 5.03. The summed E-state index contributed by atoms with van der Waals surface area (Å²) in [5, 5.41) is 12.8. The van der Waals surface area contributed by atoms with Gasteiger partial charge in [0.05, 0.1) is 6.61 Å². The Morgan fingerprint density at radius 2 is 2.11 bits per heavy atom. The Bertz CT molecular complexity index is 387. The minimum Gasteiger partial charge on any atom is -0.490 e. The minimum absolute atomic E-state index is 0.0183. The number of hydrogen-bond donors (Lipinski definition) is 2. The summed E-state index contributed by atoms with van der Waals surface area (Å²) < 4.78 is 23.7. The zero-order valence-electron chi connectivity index (χ0n) is 11.6. The van der Waals surface area contributed by atoms with Crippen LogP contribution in [-0.2, 0) is 4.74 Å². The van der Waals surface area contributed by atoms with E-state index in [1.165, 1.54) is 19.2 Å². The number of aliphatic hydroxyl groups is 1. The van der Waals surface area contributed by atoms with E-state index in [-0.39, 0.29) is 25.1 Å². The molecule has 0 aliphatic heterocycles. The monoisotopic (exact) mass is 271 g/mol. The summed E-state index contributed by atoms with van der Waals surface area (Å²) >= 11 is 0. The van der Waals surface area contributed by atoms with Gasteiger partial charge in [0.15, 0.2) is 0 Å². The van der Waals surface area contributed by atoms with Crippen LogP contribution >= 0.6 is 0 Å². The number of benzene rings is 1. The molecule has 0 aliphatic carbocycles. The molecule has 0 spiro atoms. The molecule has 0 bridgehead atoms. The molecule has 1 rings (SSSR count). The van der Waals surface area contributed by atoms with Gasteiger partial charge in [0.2, 0.25) is 0 Å². The van der Waals surface area contributed by atoms with Gasteiger partial charge in [0.1, 0.15) is 24.3 Å². The van der Waals surface area contributed by atoms with Crippen molar-refractivity contribution >= 4 is 0 Å². The van der Waals surface area contributed by atoms with E-state index in [0.717, 1.165) is 12.1 Å². The van der Waals surface area contributed by atoms with Gasteiger partial charge in [-0.15, -0.1) is 0 Å². The van der Waals surface area contributed by atoms with Crippen molar-refractivity contribution in [3.63, 3.8) is 0 Å². The van der Waals surface area contributed by atoms with Gasteiger partial charge in [-0.25, -0.2) is 4.39 Å². The lowest BCUT2D eigenvalue weighted by molar-refractivity contribution is 0.0322. The van der Waals surface area contributed by atoms with E-state index in [2.05, 4.69) is 5.32 Å². The van der Waals surface area contributed by atoms with Gasteiger partial charge in [-0.1, -0.05) is 6.92 Å². The molecule has 108 valence electrons. The maximum atomic E-state index is 13.3. The topological polar surface area (TPSA) is 50.7 Å². The van der Waals surface area contributed by atoms with Gasteiger partial charge in [-0.05, 0) is 31.7 Å². The first-order valence-corrected chi connectivity index (χ1v) is 6.41. The van der Waals surface area contributed by atoms with Crippen LogP contribution in [0.25, 0.3) is 0 Å². The van der Waals surface area contributed by atoms with Crippen molar-refractivity contribution < 1.29 is 19.0 Å². The van der Waals surface area contributed by atoms with Gasteiger partial charge >= 0.3 is 0 Å². The third-order valence-corrected chi connectivity index (χ3v) is 2.74. The van der Waals surface area contributed by atoms with Crippen LogP contribution in [0.4, 0.5) is 4.39 Å². The Morgan fingerprint density at radius 1 is 1.37 bits per heavy atom. The molecule has 0 heterocycles. The SMILES string of the molecule is CCNC(C)c1cc(F)ccc1OCC(O)COC. The number of aliphatic hydroxyl groups excluding tert-OH is 1. The quantitative estimate of drug-likeness (QED) is 0.758. The molecular weight excluding hydrogens is 249 g/mol. The van der Waals surface area contributed by atoms with Crippen LogP contribution in [0.2, 0.25) is 0 Å². The fourth-order valence-electron chi connectivity index (χ4n) is 1.83. The van der Waals surface area contributed by atoms with Crippen LogP contribution < -0.4 is 10.1 Å².